The molecule has 0 atom stereocenters. The number of carbonyl (C=O) groups excluding carboxylic acids is 1. The number of aromatic amines is 1. The lowest BCUT2D eigenvalue weighted by atomic mass is 10.2. The molecule has 0 radical (unpaired) electrons. The summed E-state index contributed by atoms with van der Waals surface area (Å²) in [6.07, 6.45) is 0. The van der Waals surface area contributed by atoms with Crippen LogP contribution in [0.15, 0.2) is 54.6 Å². The van der Waals surface area contributed by atoms with E-state index in [9.17, 15) is 4.79 Å². The molecule has 112 valence electrons. The maximum Gasteiger partial charge on any atom is 0.223 e. The van der Waals surface area contributed by atoms with Gasteiger partial charge in [0.25, 0.3) is 0 Å². The minimum Gasteiger partial charge on any atom is -0.487 e. The van der Waals surface area contributed by atoms with Gasteiger partial charge in [0, 0.05) is 25.2 Å². The summed E-state index contributed by atoms with van der Waals surface area (Å²) in [4.78, 5) is 16.2. The Kier molecular flexibility index (Phi) is 3.83. The minimum absolute atomic E-state index is 0.00624. The van der Waals surface area contributed by atoms with Gasteiger partial charge in [-0.15, -0.1) is 0 Å². The first-order chi connectivity index (χ1) is 10.6. The fraction of sp³-hybridized carbons (Fsp3) is 0.167. The summed E-state index contributed by atoms with van der Waals surface area (Å²) in [5.41, 5.74) is 3.00. The van der Waals surface area contributed by atoms with Crippen molar-refractivity contribution in [3.63, 3.8) is 0 Å². The number of para-hydroxylation sites is 1. The van der Waals surface area contributed by atoms with Crippen LogP contribution in [-0.2, 0) is 11.4 Å². The molecular formula is C18H18N2O2. The van der Waals surface area contributed by atoms with Crippen LogP contribution in [0.25, 0.3) is 10.9 Å². The molecule has 0 spiro atoms. The molecular weight excluding hydrogens is 276 g/mol. The Balaban J connectivity index is 1.67. The Morgan fingerprint density at radius 1 is 1.14 bits per heavy atom. The largest absolute Gasteiger partial charge is 0.487 e. The van der Waals surface area contributed by atoms with Gasteiger partial charge in [0.05, 0.1) is 5.69 Å². The second kappa shape index (κ2) is 5.93. The van der Waals surface area contributed by atoms with Crippen molar-refractivity contribution in [1.29, 1.82) is 0 Å². The fourth-order valence-corrected chi connectivity index (χ4v) is 2.32. The number of fused-ring (bicyclic) bond motifs is 1. The van der Waals surface area contributed by atoms with Crippen LogP contribution in [0.5, 0.6) is 5.75 Å². The van der Waals surface area contributed by atoms with Gasteiger partial charge < -0.3 is 14.6 Å². The van der Waals surface area contributed by atoms with E-state index < -0.39 is 0 Å². The third kappa shape index (κ3) is 2.96. The summed E-state index contributed by atoms with van der Waals surface area (Å²) in [6.45, 7) is 2.02. The zero-order valence-corrected chi connectivity index (χ0v) is 12.7. The van der Waals surface area contributed by atoms with Crippen molar-refractivity contribution >= 4 is 22.5 Å². The van der Waals surface area contributed by atoms with E-state index in [4.69, 9.17) is 4.74 Å². The predicted molar refractivity (Wildman–Crippen MR) is 88.2 cm³/mol. The summed E-state index contributed by atoms with van der Waals surface area (Å²) in [5, 5.41) is 1.18. The van der Waals surface area contributed by atoms with Crippen LogP contribution in [0.2, 0.25) is 0 Å². The zero-order chi connectivity index (χ0) is 15.5. The van der Waals surface area contributed by atoms with Crippen molar-refractivity contribution in [3.05, 3.63) is 60.3 Å². The third-order valence-electron chi connectivity index (χ3n) is 3.68. The molecule has 0 saturated carbocycles. The molecule has 1 N–H and O–H groups in total. The highest BCUT2D eigenvalue weighted by atomic mass is 16.5. The molecule has 0 fully saturated rings. The normalized spacial score (nSPS) is 10.6. The van der Waals surface area contributed by atoms with E-state index >= 15 is 0 Å². The second-order valence-electron chi connectivity index (χ2n) is 5.24. The average molecular weight is 294 g/mol. The predicted octanol–water partition coefficient (Wildman–Crippen LogP) is 3.73. The summed E-state index contributed by atoms with van der Waals surface area (Å²) in [6, 6.07) is 17.7. The SMILES string of the molecule is CC(=O)N(C)c1ccc(OCc2cc3ccccc3[nH]2)cc1. The van der Waals surface area contributed by atoms with Crippen molar-refractivity contribution in [2.75, 3.05) is 11.9 Å². The number of ether oxygens (including phenoxy) is 1. The van der Waals surface area contributed by atoms with E-state index in [0.717, 1.165) is 22.6 Å². The van der Waals surface area contributed by atoms with E-state index in [2.05, 4.69) is 17.1 Å². The lowest BCUT2D eigenvalue weighted by Crippen LogP contribution is -2.22. The van der Waals surface area contributed by atoms with Gasteiger partial charge in [-0.3, -0.25) is 4.79 Å². The molecule has 2 aromatic carbocycles. The van der Waals surface area contributed by atoms with Gasteiger partial charge in [-0.25, -0.2) is 0 Å². The highest BCUT2D eigenvalue weighted by molar-refractivity contribution is 5.90. The number of nitrogens with one attached hydrogen (secondary N) is 1. The number of hydrogen-bond acceptors (Lipinski definition) is 2. The Labute approximate surface area is 129 Å². The fourth-order valence-electron chi connectivity index (χ4n) is 2.32. The van der Waals surface area contributed by atoms with Crippen LogP contribution in [0.1, 0.15) is 12.6 Å². The number of H-pyrrole nitrogens is 1. The standard InChI is InChI=1S/C18H18N2O2/c1-13(21)20(2)16-7-9-17(10-8-16)22-12-15-11-14-5-3-4-6-18(14)19-15/h3-11,19H,12H2,1-2H3. The molecule has 0 aliphatic heterocycles. The van der Waals surface area contributed by atoms with Crippen molar-refractivity contribution < 1.29 is 9.53 Å². The minimum atomic E-state index is 0.00624. The van der Waals surface area contributed by atoms with Gasteiger partial charge >= 0.3 is 0 Å². The van der Waals surface area contributed by atoms with E-state index in [1.165, 1.54) is 5.39 Å². The van der Waals surface area contributed by atoms with Crippen LogP contribution in [0, 0.1) is 0 Å². The molecule has 0 saturated heterocycles. The molecule has 1 amide bonds. The van der Waals surface area contributed by atoms with Crippen LogP contribution in [-0.4, -0.2) is 17.9 Å². The highest BCUT2D eigenvalue weighted by Gasteiger charge is 2.06. The highest BCUT2D eigenvalue weighted by Crippen LogP contribution is 2.20. The topological polar surface area (TPSA) is 45.3 Å². The lowest BCUT2D eigenvalue weighted by molar-refractivity contribution is -0.116. The number of benzene rings is 2. The first-order valence-corrected chi connectivity index (χ1v) is 7.17. The number of aromatic nitrogens is 1. The molecule has 22 heavy (non-hydrogen) atoms. The Morgan fingerprint density at radius 3 is 2.55 bits per heavy atom. The molecule has 0 unspecified atom stereocenters. The smallest absolute Gasteiger partial charge is 0.223 e. The van der Waals surface area contributed by atoms with Crippen LogP contribution < -0.4 is 9.64 Å². The lowest BCUT2D eigenvalue weighted by Gasteiger charge is -2.15. The number of rotatable bonds is 4. The van der Waals surface area contributed by atoms with Crippen LogP contribution in [0.3, 0.4) is 0 Å². The van der Waals surface area contributed by atoms with Crippen LogP contribution in [0.4, 0.5) is 5.69 Å². The summed E-state index contributed by atoms with van der Waals surface area (Å²) in [5.74, 6) is 0.783. The van der Waals surface area contributed by atoms with Gasteiger partial charge in [0.2, 0.25) is 5.91 Å². The zero-order valence-electron chi connectivity index (χ0n) is 12.7. The van der Waals surface area contributed by atoms with E-state index in [0.29, 0.717) is 6.61 Å². The number of amides is 1. The van der Waals surface area contributed by atoms with E-state index in [-0.39, 0.29) is 5.91 Å². The van der Waals surface area contributed by atoms with E-state index in [1.54, 1.807) is 18.9 Å². The Morgan fingerprint density at radius 2 is 1.86 bits per heavy atom. The number of hydrogen-bond donors (Lipinski definition) is 1. The third-order valence-corrected chi connectivity index (χ3v) is 3.68. The van der Waals surface area contributed by atoms with Crippen LogP contribution >= 0.6 is 0 Å². The number of anilines is 1. The summed E-state index contributed by atoms with van der Waals surface area (Å²) in [7, 11) is 1.75. The quantitative estimate of drug-likeness (QED) is 0.797. The molecule has 1 heterocycles. The first-order valence-electron chi connectivity index (χ1n) is 7.17. The molecule has 0 aliphatic rings. The van der Waals surface area contributed by atoms with Crippen molar-refractivity contribution in [2.24, 2.45) is 0 Å². The van der Waals surface area contributed by atoms with Gasteiger partial charge in [0.1, 0.15) is 12.4 Å². The molecule has 3 rings (SSSR count). The van der Waals surface area contributed by atoms with Crippen molar-refractivity contribution in [3.8, 4) is 5.75 Å². The van der Waals surface area contributed by atoms with E-state index in [1.807, 2.05) is 42.5 Å². The van der Waals surface area contributed by atoms with Gasteiger partial charge in [-0.2, -0.15) is 0 Å². The molecule has 0 aliphatic carbocycles. The first kappa shape index (κ1) is 14.2. The average Bonchev–Trinajstić information content (AvgIpc) is 2.95. The monoisotopic (exact) mass is 294 g/mol. The van der Waals surface area contributed by atoms with Gasteiger partial charge in [-0.05, 0) is 41.8 Å². The van der Waals surface area contributed by atoms with Gasteiger partial charge in [-0.1, -0.05) is 18.2 Å². The molecule has 4 nitrogen and oxygen atoms in total. The Bertz CT molecular complexity index is 757. The Hall–Kier alpha value is -2.75. The number of nitrogens with zero attached hydrogens (tertiary/aromatic N) is 1. The maximum absolute atomic E-state index is 11.3. The molecule has 4 heteroatoms. The maximum atomic E-state index is 11.3. The van der Waals surface area contributed by atoms with Crippen molar-refractivity contribution in [2.45, 2.75) is 13.5 Å². The van der Waals surface area contributed by atoms with Crippen molar-refractivity contribution in [1.82, 2.24) is 4.98 Å². The number of carbonyl (C=O) groups is 1. The summed E-state index contributed by atoms with van der Waals surface area (Å²) < 4.78 is 5.78. The second-order valence-corrected chi connectivity index (χ2v) is 5.24. The molecule has 3 aromatic rings. The molecule has 1 aromatic heterocycles. The van der Waals surface area contributed by atoms with Gasteiger partial charge in [0.15, 0.2) is 0 Å². The summed E-state index contributed by atoms with van der Waals surface area (Å²) >= 11 is 0. The molecule has 0 bridgehead atoms.